The van der Waals surface area contributed by atoms with Gasteiger partial charge in [-0.15, -0.1) is 0 Å². The summed E-state index contributed by atoms with van der Waals surface area (Å²) in [5.41, 5.74) is -0.328. The lowest BCUT2D eigenvalue weighted by Gasteiger charge is -2.40. The highest BCUT2D eigenvalue weighted by atomic mass is 16.4. The van der Waals surface area contributed by atoms with Crippen molar-refractivity contribution >= 4 is 29.5 Å². The van der Waals surface area contributed by atoms with Crippen LogP contribution in [0, 0.1) is 17.3 Å². The van der Waals surface area contributed by atoms with E-state index in [0.717, 1.165) is 11.3 Å². The molecule has 4 amide bonds. The third-order valence-corrected chi connectivity index (χ3v) is 7.04. The number of nitrogens with one attached hydrogen (secondary N) is 2. The molecule has 0 aliphatic carbocycles. The number of piperidine rings is 1. The van der Waals surface area contributed by atoms with E-state index >= 15 is 0 Å². The third kappa shape index (κ3) is 6.12. The van der Waals surface area contributed by atoms with Crippen LogP contribution in [0.1, 0.15) is 37.9 Å². The molecule has 3 N–H and O–H groups in total. The molecular formula is C29H32N6O5. The van der Waals surface area contributed by atoms with E-state index in [2.05, 4.69) is 32.6 Å². The van der Waals surface area contributed by atoms with E-state index in [4.69, 9.17) is 5.11 Å². The molecule has 40 heavy (non-hydrogen) atoms. The van der Waals surface area contributed by atoms with Crippen molar-refractivity contribution in [3.8, 4) is 11.8 Å². The highest BCUT2D eigenvalue weighted by Crippen LogP contribution is 2.38. The van der Waals surface area contributed by atoms with Crippen LogP contribution in [-0.4, -0.2) is 81.2 Å². The molecule has 0 radical (unpaired) electrons. The molecule has 208 valence electrons. The van der Waals surface area contributed by atoms with Crippen molar-refractivity contribution in [2.45, 2.75) is 44.7 Å². The summed E-state index contributed by atoms with van der Waals surface area (Å²) < 4.78 is 0. The summed E-state index contributed by atoms with van der Waals surface area (Å²) in [6.45, 7) is 3.22. The Morgan fingerprint density at radius 3 is 2.55 bits per heavy atom. The van der Waals surface area contributed by atoms with E-state index in [1.807, 2.05) is 30.3 Å². The number of carbonyl (C=O) groups excluding carboxylic acids is 3. The smallest absolute Gasteiger partial charge is 0.405 e. The molecule has 1 aromatic carbocycles. The van der Waals surface area contributed by atoms with Gasteiger partial charge in [-0.25, -0.2) is 14.8 Å². The van der Waals surface area contributed by atoms with Crippen molar-refractivity contribution in [1.82, 2.24) is 25.5 Å². The molecule has 2 aliphatic heterocycles. The van der Waals surface area contributed by atoms with Crippen LogP contribution in [0.4, 0.5) is 4.79 Å². The number of hydrazone groups is 1. The predicted molar refractivity (Wildman–Crippen MR) is 147 cm³/mol. The second-order valence-electron chi connectivity index (χ2n) is 10.4. The van der Waals surface area contributed by atoms with Crippen molar-refractivity contribution in [2.75, 3.05) is 20.1 Å². The maximum absolute atomic E-state index is 13.9. The minimum absolute atomic E-state index is 0.0404. The molecule has 11 nitrogen and oxygen atoms in total. The second-order valence-corrected chi connectivity index (χ2v) is 10.4. The van der Waals surface area contributed by atoms with Gasteiger partial charge in [-0.3, -0.25) is 14.4 Å². The fraction of sp³-hybridized carbons (Fsp3) is 0.379. The van der Waals surface area contributed by atoms with Gasteiger partial charge < -0.3 is 20.6 Å². The van der Waals surface area contributed by atoms with Crippen LogP contribution in [0.25, 0.3) is 0 Å². The number of fused-ring (bicyclic) bond motifs is 1. The van der Waals surface area contributed by atoms with Gasteiger partial charge in [-0.2, -0.15) is 5.10 Å². The number of carboxylic acid groups (broad SMARTS) is 1. The van der Waals surface area contributed by atoms with Crippen LogP contribution in [-0.2, 0) is 20.8 Å². The van der Waals surface area contributed by atoms with Crippen LogP contribution >= 0.6 is 0 Å². The molecule has 2 unspecified atom stereocenters. The number of amides is 4. The van der Waals surface area contributed by atoms with Gasteiger partial charge in [0.25, 0.3) is 5.91 Å². The first-order valence-electron chi connectivity index (χ1n) is 12.9. The zero-order valence-corrected chi connectivity index (χ0v) is 22.7. The van der Waals surface area contributed by atoms with Crippen molar-refractivity contribution < 1.29 is 24.3 Å². The summed E-state index contributed by atoms with van der Waals surface area (Å²) in [6, 6.07) is 13.8. The summed E-state index contributed by atoms with van der Waals surface area (Å²) in [7, 11) is 1.61. The van der Waals surface area contributed by atoms with Gasteiger partial charge in [0, 0.05) is 39.2 Å². The summed E-state index contributed by atoms with van der Waals surface area (Å²) in [5, 5.41) is 19.8. The van der Waals surface area contributed by atoms with Crippen LogP contribution in [0.15, 0.2) is 59.8 Å². The van der Waals surface area contributed by atoms with Gasteiger partial charge in [-0.1, -0.05) is 42.3 Å². The Kier molecular flexibility index (Phi) is 8.18. The molecule has 2 atom stereocenters. The van der Waals surface area contributed by atoms with Gasteiger partial charge >= 0.3 is 6.09 Å². The molecule has 0 saturated carbocycles. The summed E-state index contributed by atoms with van der Waals surface area (Å²) in [6.07, 6.45) is 0.976. The molecular weight excluding hydrogens is 512 g/mol. The van der Waals surface area contributed by atoms with Gasteiger partial charge in [0.1, 0.15) is 22.7 Å². The Bertz CT molecular complexity index is 1380. The van der Waals surface area contributed by atoms with Crippen LogP contribution < -0.4 is 10.6 Å². The van der Waals surface area contributed by atoms with E-state index < -0.39 is 34.9 Å². The monoisotopic (exact) mass is 544 g/mol. The van der Waals surface area contributed by atoms with Gasteiger partial charge in [0.15, 0.2) is 0 Å². The van der Waals surface area contributed by atoms with Crippen molar-refractivity contribution in [3.63, 3.8) is 0 Å². The number of rotatable bonds is 7. The minimum atomic E-state index is -1.50. The fourth-order valence-corrected chi connectivity index (χ4v) is 4.98. The zero-order valence-electron chi connectivity index (χ0n) is 22.7. The van der Waals surface area contributed by atoms with Gasteiger partial charge in [-0.05, 0) is 43.9 Å². The number of likely N-dealkylation sites (tertiary alicyclic amines) is 1. The molecule has 2 aromatic rings. The summed E-state index contributed by atoms with van der Waals surface area (Å²) in [4.78, 5) is 57.4. The van der Waals surface area contributed by atoms with E-state index in [0.29, 0.717) is 25.1 Å². The molecule has 2 aliphatic rings. The van der Waals surface area contributed by atoms with Crippen LogP contribution in [0.2, 0.25) is 0 Å². The molecule has 1 aromatic heterocycles. The van der Waals surface area contributed by atoms with Gasteiger partial charge in [0.05, 0.1) is 5.71 Å². The molecule has 1 fully saturated rings. The number of pyridine rings is 1. The number of hydrogen-bond acceptors (Lipinski definition) is 6. The Morgan fingerprint density at radius 1 is 1.15 bits per heavy atom. The maximum Gasteiger partial charge on any atom is 0.405 e. The molecule has 3 heterocycles. The molecule has 1 saturated heterocycles. The lowest BCUT2D eigenvalue weighted by molar-refractivity contribution is -0.142. The minimum Gasteiger partial charge on any atom is -0.465 e. The highest BCUT2D eigenvalue weighted by molar-refractivity contribution is 6.13. The standard InChI is InChI=1S/C29H32N6O5/c1-28(2,32-27(39)40)25(37)31-22(14-9-13-21-12-7-8-16-30-21)24(36)35-17-15-23-29(19-35,26(38)34(3)33-23)18-20-10-5-4-6-11-20/h4-8,10-12,16,22,32H,14-15,17-19H2,1-3H3,(H,31,37)(H,39,40). The van der Waals surface area contributed by atoms with E-state index in [1.165, 1.54) is 18.9 Å². The Labute approximate surface area is 232 Å². The first-order chi connectivity index (χ1) is 19.0. The molecule has 4 rings (SSSR count). The average molecular weight is 545 g/mol. The highest BCUT2D eigenvalue weighted by Gasteiger charge is 2.54. The SMILES string of the molecule is CN1N=C2CCN(C(=O)C(CC#Cc3ccccn3)NC(=O)C(C)(C)NC(=O)O)CC2(Cc2ccccc2)C1=O. The normalized spacial score (nSPS) is 19.1. The second kappa shape index (κ2) is 11.6. The molecule has 0 bridgehead atoms. The van der Waals surface area contributed by atoms with Crippen molar-refractivity contribution in [1.29, 1.82) is 0 Å². The number of aromatic nitrogens is 1. The van der Waals surface area contributed by atoms with Crippen LogP contribution in [0.3, 0.4) is 0 Å². The third-order valence-electron chi connectivity index (χ3n) is 7.04. The zero-order chi connectivity index (χ0) is 28.9. The fourth-order valence-electron chi connectivity index (χ4n) is 4.98. The Hall–Kier alpha value is -4.72. The quantitative estimate of drug-likeness (QED) is 0.452. The number of nitrogens with zero attached hydrogens (tertiary/aromatic N) is 4. The van der Waals surface area contributed by atoms with E-state index in [1.54, 1.807) is 36.3 Å². The molecule has 0 spiro atoms. The lowest BCUT2D eigenvalue weighted by Crippen LogP contribution is -2.61. The van der Waals surface area contributed by atoms with Crippen molar-refractivity contribution in [3.05, 3.63) is 66.0 Å². The largest absolute Gasteiger partial charge is 0.465 e. The number of benzene rings is 1. The molecule has 11 heteroatoms. The summed E-state index contributed by atoms with van der Waals surface area (Å²) in [5.74, 6) is 4.53. The first-order valence-corrected chi connectivity index (χ1v) is 12.9. The predicted octanol–water partition coefficient (Wildman–Crippen LogP) is 1.64. The van der Waals surface area contributed by atoms with Crippen LogP contribution in [0.5, 0.6) is 0 Å². The Morgan fingerprint density at radius 2 is 1.88 bits per heavy atom. The van der Waals surface area contributed by atoms with Gasteiger partial charge in [0.2, 0.25) is 11.8 Å². The first kappa shape index (κ1) is 28.3. The van der Waals surface area contributed by atoms with E-state index in [9.17, 15) is 19.2 Å². The Balaban J connectivity index is 1.60. The van der Waals surface area contributed by atoms with Crippen molar-refractivity contribution in [2.24, 2.45) is 10.5 Å². The summed E-state index contributed by atoms with van der Waals surface area (Å²) >= 11 is 0. The average Bonchev–Trinajstić information content (AvgIpc) is 3.16. The lowest BCUT2D eigenvalue weighted by atomic mass is 9.73. The maximum atomic E-state index is 13.9. The number of carbonyl (C=O) groups is 4. The number of hydrogen-bond donors (Lipinski definition) is 3. The topological polar surface area (TPSA) is 144 Å². The van der Waals surface area contributed by atoms with E-state index in [-0.39, 0.29) is 18.9 Å².